The number of fused-ring (bicyclic) bond motifs is 1. The predicted molar refractivity (Wildman–Crippen MR) is 131 cm³/mol. The van der Waals surface area contributed by atoms with E-state index in [1.807, 2.05) is 17.0 Å². The lowest BCUT2D eigenvalue weighted by Crippen LogP contribution is -2.44. The molecule has 0 saturated carbocycles. The molecule has 1 heterocycles. The van der Waals surface area contributed by atoms with E-state index in [2.05, 4.69) is 0 Å². The van der Waals surface area contributed by atoms with Gasteiger partial charge in [0.15, 0.2) is 11.5 Å². The summed E-state index contributed by atoms with van der Waals surface area (Å²) >= 11 is 0. The molecule has 196 valence electrons. The Hall–Kier alpha value is -3.59. The summed E-state index contributed by atoms with van der Waals surface area (Å²) < 4.78 is 66.6. The highest BCUT2D eigenvalue weighted by atomic mass is 19.4. The number of nitrogens with two attached hydrogens (primary N) is 1. The van der Waals surface area contributed by atoms with E-state index in [-0.39, 0.29) is 12.8 Å². The van der Waals surface area contributed by atoms with Crippen LogP contribution >= 0.6 is 0 Å². The van der Waals surface area contributed by atoms with E-state index in [1.165, 1.54) is 14.2 Å². The van der Waals surface area contributed by atoms with Crippen molar-refractivity contribution in [2.75, 3.05) is 20.8 Å². The maximum Gasteiger partial charge on any atom is 0.416 e. The number of ether oxygens (including phenoxy) is 2. The molecule has 0 fully saturated rings. The Morgan fingerprint density at radius 1 is 1.05 bits per heavy atom. The Labute approximate surface area is 212 Å². The monoisotopic (exact) mass is 516 g/mol. The Kier molecular flexibility index (Phi) is 7.73. The molecule has 37 heavy (non-hydrogen) atoms. The summed E-state index contributed by atoms with van der Waals surface area (Å²) in [5, 5.41) is 0. The van der Waals surface area contributed by atoms with Gasteiger partial charge in [-0.05, 0) is 60.2 Å². The average molecular weight is 517 g/mol. The van der Waals surface area contributed by atoms with Gasteiger partial charge in [-0.2, -0.15) is 13.2 Å². The summed E-state index contributed by atoms with van der Waals surface area (Å²) in [6.45, 7) is 0.416. The van der Waals surface area contributed by atoms with Crippen molar-refractivity contribution in [3.8, 4) is 11.5 Å². The highest BCUT2D eigenvalue weighted by Crippen LogP contribution is 2.44. The summed E-state index contributed by atoms with van der Waals surface area (Å²) in [5.74, 6) is -0.525. The molecule has 2 N–H and O–H groups in total. The molecular weight excluding hydrogens is 488 g/mol. The third-order valence-electron chi connectivity index (χ3n) is 6.85. The van der Waals surface area contributed by atoms with Gasteiger partial charge in [-0.3, -0.25) is 9.69 Å². The van der Waals surface area contributed by atoms with E-state index >= 15 is 0 Å². The van der Waals surface area contributed by atoms with E-state index in [0.717, 1.165) is 29.3 Å². The van der Waals surface area contributed by atoms with Crippen LogP contribution in [0.15, 0.2) is 60.7 Å². The zero-order chi connectivity index (χ0) is 26.7. The molecule has 0 bridgehead atoms. The van der Waals surface area contributed by atoms with Crippen LogP contribution in [0.3, 0.4) is 0 Å². The number of halogens is 4. The molecule has 0 unspecified atom stereocenters. The van der Waals surface area contributed by atoms with Crippen molar-refractivity contribution in [2.45, 2.75) is 37.5 Å². The lowest BCUT2D eigenvalue weighted by molar-refractivity contribution is -0.138. The highest BCUT2D eigenvalue weighted by Gasteiger charge is 2.38. The predicted octanol–water partition coefficient (Wildman–Crippen LogP) is 5.62. The molecule has 3 aromatic rings. The molecular formula is C28H28F4N2O3. The maximum absolute atomic E-state index is 14.7. The van der Waals surface area contributed by atoms with Crippen LogP contribution in [0.5, 0.6) is 11.5 Å². The van der Waals surface area contributed by atoms with Crippen LogP contribution in [-0.4, -0.2) is 31.6 Å². The van der Waals surface area contributed by atoms with Gasteiger partial charge in [0.05, 0.1) is 19.8 Å². The van der Waals surface area contributed by atoms with Gasteiger partial charge >= 0.3 is 6.18 Å². The number of amides is 1. The lowest BCUT2D eigenvalue weighted by Gasteiger charge is -2.42. The molecule has 1 aliphatic heterocycles. The van der Waals surface area contributed by atoms with Gasteiger partial charge in [0.2, 0.25) is 5.91 Å². The number of carbonyl (C=O) groups is 1. The number of primary amides is 1. The fourth-order valence-electron chi connectivity index (χ4n) is 5.19. The second-order valence-corrected chi connectivity index (χ2v) is 8.93. The minimum atomic E-state index is -4.70. The van der Waals surface area contributed by atoms with Crippen molar-refractivity contribution in [3.63, 3.8) is 0 Å². The number of rotatable bonds is 8. The molecule has 4 rings (SSSR count). The number of alkyl halides is 3. The van der Waals surface area contributed by atoms with Gasteiger partial charge in [-0.15, -0.1) is 0 Å². The van der Waals surface area contributed by atoms with Crippen molar-refractivity contribution in [1.82, 2.24) is 4.90 Å². The van der Waals surface area contributed by atoms with Crippen molar-refractivity contribution < 1.29 is 31.8 Å². The van der Waals surface area contributed by atoms with Crippen LogP contribution < -0.4 is 15.2 Å². The molecule has 5 nitrogen and oxygen atoms in total. The average Bonchev–Trinajstić information content (AvgIpc) is 2.87. The van der Waals surface area contributed by atoms with Crippen LogP contribution in [0.25, 0.3) is 0 Å². The molecule has 0 spiro atoms. The number of hydrogen-bond acceptors (Lipinski definition) is 4. The lowest BCUT2D eigenvalue weighted by atomic mass is 9.85. The van der Waals surface area contributed by atoms with Crippen LogP contribution in [0.4, 0.5) is 17.6 Å². The van der Waals surface area contributed by atoms with Crippen LogP contribution in [0.2, 0.25) is 0 Å². The number of carbonyl (C=O) groups excluding carboxylic acids is 1. The molecule has 2 atom stereocenters. The quantitative estimate of drug-likeness (QED) is 0.395. The number of methoxy groups -OCH3 is 2. The standard InChI is InChI=1S/C28H28F4N2O3/c1-36-24-15-18-13-14-34(26(27(33)35)17-7-4-3-5-8-17)23(20(18)16-25(24)37-2)12-11-19-21(28(30,31)32)9-6-10-22(19)29/h3-10,15-16,23,26H,11-14H2,1-2H3,(H2,33,35)/t23-,26+/m0/s1. The van der Waals surface area contributed by atoms with Crippen molar-refractivity contribution in [3.05, 3.63) is 94.3 Å². The van der Waals surface area contributed by atoms with Crippen LogP contribution in [0.1, 0.15) is 46.3 Å². The smallest absolute Gasteiger partial charge is 0.416 e. The molecule has 0 aliphatic carbocycles. The van der Waals surface area contributed by atoms with E-state index < -0.39 is 41.1 Å². The van der Waals surface area contributed by atoms with Gasteiger partial charge in [0.1, 0.15) is 11.9 Å². The SMILES string of the molecule is COc1cc2c(cc1OC)[C@H](CCc1c(F)cccc1C(F)(F)F)N([C@@H](C(N)=O)c1ccccc1)CC2. The summed E-state index contributed by atoms with van der Waals surface area (Å²) in [7, 11) is 3.01. The maximum atomic E-state index is 14.7. The molecule has 9 heteroatoms. The van der Waals surface area contributed by atoms with Gasteiger partial charge in [-0.25, -0.2) is 4.39 Å². The topological polar surface area (TPSA) is 64.8 Å². The fraction of sp³-hybridized carbons (Fsp3) is 0.321. The molecule has 0 aromatic heterocycles. The van der Waals surface area contributed by atoms with E-state index in [4.69, 9.17) is 15.2 Å². The normalized spacial score (nSPS) is 16.6. The summed E-state index contributed by atoms with van der Waals surface area (Å²) in [6, 6.07) is 14.2. The zero-order valence-electron chi connectivity index (χ0n) is 20.5. The summed E-state index contributed by atoms with van der Waals surface area (Å²) in [6.07, 6.45) is -4.23. The number of hydrogen-bond donors (Lipinski definition) is 1. The molecule has 1 aliphatic rings. The Morgan fingerprint density at radius 3 is 2.35 bits per heavy atom. The highest BCUT2D eigenvalue weighted by molar-refractivity contribution is 5.81. The largest absolute Gasteiger partial charge is 0.493 e. The van der Waals surface area contributed by atoms with E-state index in [0.29, 0.717) is 30.0 Å². The molecule has 0 radical (unpaired) electrons. The van der Waals surface area contributed by atoms with E-state index in [9.17, 15) is 22.4 Å². The fourth-order valence-corrected chi connectivity index (χ4v) is 5.19. The Balaban J connectivity index is 1.81. The number of benzene rings is 3. The van der Waals surface area contributed by atoms with E-state index in [1.54, 1.807) is 30.3 Å². The second kappa shape index (κ2) is 10.8. The second-order valence-electron chi connectivity index (χ2n) is 8.93. The first-order chi connectivity index (χ1) is 17.7. The van der Waals surface area contributed by atoms with Crippen molar-refractivity contribution in [1.29, 1.82) is 0 Å². The van der Waals surface area contributed by atoms with Gasteiger partial charge in [-0.1, -0.05) is 36.4 Å². The Bertz CT molecular complexity index is 1260. The first-order valence-corrected chi connectivity index (χ1v) is 11.8. The van der Waals surface area contributed by atoms with Gasteiger partial charge in [0.25, 0.3) is 0 Å². The van der Waals surface area contributed by atoms with Crippen LogP contribution in [-0.2, 0) is 23.8 Å². The third-order valence-corrected chi connectivity index (χ3v) is 6.85. The van der Waals surface area contributed by atoms with Crippen molar-refractivity contribution >= 4 is 5.91 Å². The molecule has 3 aromatic carbocycles. The minimum Gasteiger partial charge on any atom is -0.493 e. The van der Waals surface area contributed by atoms with Gasteiger partial charge in [0, 0.05) is 18.2 Å². The first kappa shape index (κ1) is 26.5. The molecule has 0 saturated heterocycles. The molecule has 1 amide bonds. The van der Waals surface area contributed by atoms with Gasteiger partial charge < -0.3 is 15.2 Å². The summed E-state index contributed by atoms with van der Waals surface area (Å²) in [4.78, 5) is 14.6. The number of nitrogens with zero attached hydrogens (tertiary/aromatic N) is 1. The minimum absolute atomic E-state index is 0.114. The summed E-state index contributed by atoms with van der Waals surface area (Å²) in [5.41, 5.74) is 6.82. The van der Waals surface area contributed by atoms with Crippen molar-refractivity contribution in [2.24, 2.45) is 5.73 Å². The zero-order valence-corrected chi connectivity index (χ0v) is 20.5. The third kappa shape index (κ3) is 5.41. The van der Waals surface area contributed by atoms with Crippen LogP contribution in [0, 0.1) is 5.82 Å². The first-order valence-electron chi connectivity index (χ1n) is 11.8. The Morgan fingerprint density at radius 2 is 1.73 bits per heavy atom.